The van der Waals surface area contributed by atoms with Gasteiger partial charge in [-0.1, -0.05) is 47.1 Å². The number of halogens is 4. The molecule has 0 saturated heterocycles. The van der Waals surface area contributed by atoms with Crippen LogP contribution >= 0.6 is 11.6 Å². The highest BCUT2D eigenvalue weighted by atomic mass is 35.5. The maximum atomic E-state index is 12.6. The lowest BCUT2D eigenvalue weighted by Crippen LogP contribution is -2.45. The molecule has 2 aromatic rings. The average molecular weight is 411 g/mol. The Morgan fingerprint density at radius 1 is 1.21 bits per heavy atom. The van der Waals surface area contributed by atoms with Gasteiger partial charge in [0, 0.05) is 23.6 Å². The highest BCUT2D eigenvalue weighted by Crippen LogP contribution is 2.30. The van der Waals surface area contributed by atoms with Gasteiger partial charge in [-0.3, -0.25) is 4.79 Å². The fourth-order valence-corrected chi connectivity index (χ4v) is 3.11. The number of oxime groups is 1. The zero-order valence-electron chi connectivity index (χ0n) is 15.0. The third-order valence-electron chi connectivity index (χ3n) is 4.51. The van der Waals surface area contributed by atoms with E-state index in [1.54, 1.807) is 25.1 Å². The second-order valence-corrected chi connectivity index (χ2v) is 7.12. The monoisotopic (exact) mass is 410 g/mol. The van der Waals surface area contributed by atoms with E-state index >= 15 is 0 Å². The van der Waals surface area contributed by atoms with Crippen LogP contribution in [0.3, 0.4) is 0 Å². The minimum absolute atomic E-state index is 0.267. The van der Waals surface area contributed by atoms with Gasteiger partial charge in [0.25, 0.3) is 5.91 Å². The standard InChI is InChI=1S/C20H18ClF3N2O2/c1-19(12-17(26-28-19)15-4-2-3-5-16(15)21)18(27)25-11-10-13-6-8-14(9-7-13)20(22,23)24/h2-9H,10-12H2,1H3,(H,25,27). The summed E-state index contributed by atoms with van der Waals surface area (Å²) in [7, 11) is 0. The van der Waals surface area contributed by atoms with E-state index in [9.17, 15) is 18.0 Å². The van der Waals surface area contributed by atoms with Crippen molar-refractivity contribution < 1.29 is 22.8 Å². The van der Waals surface area contributed by atoms with E-state index in [-0.39, 0.29) is 18.9 Å². The molecular weight excluding hydrogens is 393 g/mol. The Bertz CT molecular complexity index is 897. The molecule has 1 aliphatic rings. The number of amides is 1. The molecule has 1 aliphatic heterocycles. The van der Waals surface area contributed by atoms with E-state index in [4.69, 9.17) is 16.4 Å². The molecule has 4 nitrogen and oxygen atoms in total. The topological polar surface area (TPSA) is 50.7 Å². The third kappa shape index (κ3) is 4.47. The van der Waals surface area contributed by atoms with E-state index in [0.29, 0.717) is 28.3 Å². The normalized spacial score (nSPS) is 19.1. The van der Waals surface area contributed by atoms with Crippen molar-refractivity contribution >= 4 is 23.2 Å². The lowest BCUT2D eigenvalue weighted by Gasteiger charge is -2.20. The number of carbonyl (C=O) groups excluding carboxylic acids is 1. The summed E-state index contributed by atoms with van der Waals surface area (Å²) < 4.78 is 37.7. The van der Waals surface area contributed by atoms with Crippen molar-refractivity contribution in [2.45, 2.75) is 31.5 Å². The van der Waals surface area contributed by atoms with Gasteiger partial charge in [-0.15, -0.1) is 0 Å². The number of hydrogen-bond donors (Lipinski definition) is 1. The number of carbonyl (C=O) groups is 1. The second-order valence-electron chi connectivity index (χ2n) is 6.72. The molecular formula is C20H18ClF3N2O2. The van der Waals surface area contributed by atoms with Crippen LogP contribution in [0.1, 0.15) is 30.0 Å². The maximum Gasteiger partial charge on any atom is 0.416 e. The molecule has 1 heterocycles. The number of nitrogens with zero attached hydrogens (tertiary/aromatic N) is 1. The largest absolute Gasteiger partial charge is 0.416 e. The Labute approximate surface area is 165 Å². The highest BCUT2D eigenvalue weighted by Gasteiger charge is 2.42. The van der Waals surface area contributed by atoms with Gasteiger partial charge < -0.3 is 10.2 Å². The van der Waals surface area contributed by atoms with Gasteiger partial charge in [0.1, 0.15) is 0 Å². The van der Waals surface area contributed by atoms with Crippen LogP contribution in [0.5, 0.6) is 0 Å². The molecule has 0 aromatic heterocycles. The van der Waals surface area contributed by atoms with Gasteiger partial charge in [-0.25, -0.2) is 0 Å². The van der Waals surface area contributed by atoms with E-state index < -0.39 is 17.3 Å². The quantitative estimate of drug-likeness (QED) is 0.783. The zero-order valence-corrected chi connectivity index (χ0v) is 15.8. The molecule has 0 bridgehead atoms. The van der Waals surface area contributed by atoms with Crippen LogP contribution in [0.4, 0.5) is 13.2 Å². The molecule has 2 aromatic carbocycles. The van der Waals surface area contributed by atoms with Gasteiger partial charge >= 0.3 is 6.18 Å². The van der Waals surface area contributed by atoms with E-state index in [1.807, 2.05) is 6.07 Å². The fraction of sp³-hybridized carbons (Fsp3) is 0.300. The van der Waals surface area contributed by atoms with Crippen LogP contribution in [-0.4, -0.2) is 23.8 Å². The minimum Gasteiger partial charge on any atom is -0.379 e. The molecule has 1 unspecified atom stereocenters. The molecule has 0 spiro atoms. The maximum absolute atomic E-state index is 12.6. The Balaban J connectivity index is 1.53. The molecule has 0 aliphatic carbocycles. The first-order valence-corrected chi connectivity index (χ1v) is 9.01. The minimum atomic E-state index is -4.36. The molecule has 1 N–H and O–H groups in total. The van der Waals surface area contributed by atoms with Gasteiger partial charge in [0.15, 0.2) is 0 Å². The molecule has 3 rings (SSSR count). The van der Waals surface area contributed by atoms with Gasteiger partial charge in [0.05, 0.1) is 11.3 Å². The van der Waals surface area contributed by atoms with Crippen molar-refractivity contribution in [1.29, 1.82) is 0 Å². The molecule has 8 heteroatoms. The van der Waals surface area contributed by atoms with E-state index in [0.717, 1.165) is 12.1 Å². The van der Waals surface area contributed by atoms with Crippen molar-refractivity contribution in [3.05, 3.63) is 70.2 Å². The van der Waals surface area contributed by atoms with Crippen LogP contribution in [0.25, 0.3) is 0 Å². The Kier molecular flexibility index (Phi) is 5.65. The lowest BCUT2D eigenvalue weighted by molar-refractivity contribution is -0.141. The summed E-state index contributed by atoms with van der Waals surface area (Å²) in [5.41, 5.74) is 0.140. The Morgan fingerprint density at radius 2 is 1.89 bits per heavy atom. The van der Waals surface area contributed by atoms with Crippen molar-refractivity contribution in [2.24, 2.45) is 5.16 Å². The van der Waals surface area contributed by atoms with Crippen LogP contribution in [0, 0.1) is 0 Å². The van der Waals surface area contributed by atoms with Crippen LogP contribution in [-0.2, 0) is 22.2 Å². The van der Waals surface area contributed by atoms with Crippen LogP contribution in [0.2, 0.25) is 5.02 Å². The molecule has 28 heavy (non-hydrogen) atoms. The summed E-state index contributed by atoms with van der Waals surface area (Å²) in [5.74, 6) is -0.342. The first-order chi connectivity index (χ1) is 13.2. The summed E-state index contributed by atoms with van der Waals surface area (Å²) in [6.45, 7) is 1.90. The zero-order chi connectivity index (χ0) is 20.4. The summed E-state index contributed by atoms with van der Waals surface area (Å²) >= 11 is 6.16. The van der Waals surface area contributed by atoms with Gasteiger partial charge in [-0.2, -0.15) is 13.2 Å². The van der Waals surface area contributed by atoms with Crippen molar-refractivity contribution in [2.75, 3.05) is 6.54 Å². The van der Waals surface area contributed by atoms with Crippen LogP contribution < -0.4 is 5.32 Å². The molecule has 0 saturated carbocycles. The van der Waals surface area contributed by atoms with Crippen molar-refractivity contribution in [3.63, 3.8) is 0 Å². The number of hydrogen-bond acceptors (Lipinski definition) is 3. The lowest BCUT2D eigenvalue weighted by atomic mass is 9.95. The second kappa shape index (κ2) is 7.83. The van der Waals surface area contributed by atoms with Crippen molar-refractivity contribution in [3.8, 4) is 0 Å². The number of alkyl halides is 3. The number of nitrogens with one attached hydrogen (secondary N) is 1. The summed E-state index contributed by atoms with van der Waals surface area (Å²) in [6, 6.07) is 12.0. The number of rotatable bonds is 5. The molecule has 148 valence electrons. The summed E-state index contributed by atoms with van der Waals surface area (Å²) in [6.07, 6.45) is -3.69. The highest BCUT2D eigenvalue weighted by molar-refractivity contribution is 6.34. The molecule has 1 amide bonds. The summed E-state index contributed by atoms with van der Waals surface area (Å²) in [4.78, 5) is 17.9. The predicted molar refractivity (Wildman–Crippen MR) is 100 cm³/mol. The van der Waals surface area contributed by atoms with Crippen LogP contribution in [0.15, 0.2) is 53.7 Å². The van der Waals surface area contributed by atoms with E-state index in [2.05, 4.69) is 10.5 Å². The number of benzene rings is 2. The summed E-state index contributed by atoms with van der Waals surface area (Å²) in [5, 5.41) is 7.28. The predicted octanol–water partition coefficient (Wildman–Crippen LogP) is 4.60. The molecule has 0 fully saturated rings. The van der Waals surface area contributed by atoms with Crippen molar-refractivity contribution in [1.82, 2.24) is 5.32 Å². The Hall–Kier alpha value is -2.54. The SMILES string of the molecule is CC1(C(=O)NCCc2ccc(C(F)(F)F)cc2)CC(c2ccccc2Cl)=NO1. The Morgan fingerprint density at radius 3 is 2.54 bits per heavy atom. The first kappa shape index (κ1) is 20.2. The first-order valence-electron chi connectivity index (χ1n) is 8.63. The van der Waals surface area contributed by atoms with Gasteiger partial charge in [-0.05, 0) is 37.1 Å². The van der Waals surface area contributed by atoms with Gasteiger partial charge in [0.2, 0.25) is 5.60 Å². The van der Waals surface area contributed by atoms with E-state index in [1.165, 1.54) is 12.1 Å². The third-order valence-corrected chi connectivity index (χ3v) is 4.84. The smallest absolute Gasteiger partial charge is 0.379 e. The molecule has 0 radical (unpaired) electrons. The molecule has 1 atom stereocenters. The fourth-order valence-electron chi connectivity index (χ4n) is 2.87. The average Bonchev–Trinajstić information content (AvgIpc) is 3.05.